The molecular formula is C12H11NO2. The summed E-state index contributed by atoms with van der Waals surface area (Å²) >= 11 is 0. The molecule has 0 saturated heterocycles. The van der Waals surface area contributed by atoms with E-state index in [2.05, 4.69) is 12.2 Å². The Labute approximate surface area is 87.8 Å². The van der Waals surface area contributed by atoms with E-state index in [0.717, 1.165) is 12.0 Å². The number of hydrogen-bond acceptors (Lipinski definition) is 2. The molecule has 1 N–H and O–H groups in total. The number of rotatable bonds is 2. The SMILES string of the molecule is CCc1ccc(C2=CC(=O)NC2=O)cc1. The molecule has 15 heavy (non-hydrogen) atoms. The van der Waals surface area contributed by atoms with Crippen molar-refractivity contribution >= 4 is 17.4 Å². The van der Waals surface area contributed by atoms with Crippen LogP contribution in [0.3, 0.4) is 0 Å². The molecule has 0 spiro atoms. The molecule has 1 heterocycles. The molecule has 0 saturated carbocycles. The predicted molar refractivity (Wildman–Crippen MR) is 56.9 cm³/mol. The van der Waals surface area contributed by atoms with E-state index in [0.29, 0.717) is 5.57 Å². The minimum atomic E-state index is -0.338. The topological polar surface area (TPSA) is 46.2 Å². The molecule has 3 heteroatoms. The van der Waals surface area contributed by atoms with Crippen LogP contribution in [0.2, 0.25) is 0 Å². The van der Waals surface area contributed by atoms with Gasteiger partial charge in [0.15, 0.2) is 0 Å². The van der Waals surface area contributed by atoms with Crippen molar-refractivity contribution in [3.05, 3.63) is 41.5 Å². The average Bonchev–Trinajstić information content (AvgIpc) is 2.58. The van der Waals surface area contributed by atoms with Crippen molar-refractivity contribution in [1.82, 2.24) is 5.32 Å². The molecule has 0 bridgehead atoms. The lowest BCUT2D eigenvalue weighted by Crippen LogP contribution is -2.21. The van der Waals surface area contributed by atoms with Gasteiger partial charge in [-0.3, -0.25) is 14.9 Å². The Balaban J connectivity index is 2.34. The van der Waals surface area contributed by atoms with Crippen LogP contribution in [0.25, 0.3) is 5.57 Å². The minimum absolute atomic E-state index is 0.316. The van der Waals surface area contributed by atoms with E-state index in [1.54, 1.807) is 0 Å². The van der Waals surface area contributed by atoms with E-state index in [4.69, 9.17) is 0 Å². The Hall–Kier alpha value is -1.90. The summed E-state index contributed by atoms with van der Waals surface area (Å²) in [5.74, 6) is -0.654. The van der Waals surface area contributed by atoms with E-state index in [9.17, 15) is 9.59 Å². The molecule has 0 fully saturated rings. The fourth-order valence-electron chi connectivity index (χ4n) is 1.55. The van der Waals surface area contributed by atoms with Crippen LogP contribution in [0.15, 0.2) is 30.3 Å². The van der Waals surface area contributed by atoms with E-state index >= 15 is 0 Å². The standard InChI is InChI=1S/C12H11NO2/c1-2-8-3-5-9(6-4-8)10-7-11(14)13-12(10)15/h3-7H,2H2,1H3,(H,13,14,15). The van der Waals surface area contributed by atoms with Crippen molar-refractivity contribution in [2.24, 2.45) is 0 Å². The van der Waals surface area contributed by atoms with Crippen LogP contribution in [0.5, 0.6) is 0 Å². The fourth-order valence-corrected chi connectivity index (χ4v) is 1.55. The van der Waals surface area contributed by atoms with E-state index < -0.39 is 0 Å². The number of aryl methyl sites for hydroxylation is 1. The summed E-state index contributed by atoms with van der Waals surface area (Å²) in [7, 11) is 0. The first-order chi connectivity index (χ1) is 7.20. The molecule has 0 radical (unpaired) electrons. The molecule has 3 nitrogen and oxygen atoms in total. The van der Waals surface area contributed by atoms with Crippen molar-refractivity contribution in [2.75, 3.05) is 0 Å². The highest BCUT2D eigenvalue weighted by Gasteiger charge is 2.21. The summed E-state index contributed by atoms with van der Waals surface area (Å²) in [6, 6.07) is 7.66. The van der Waals surface area contributed by atoms with Crippen molar-refractivity contribution in [2.45, 2.75) is 13.3 Å². The van der Waals surface area contributed by atoms with Crippen molar-refractivity contribution in [3.8, 4) is 0 Å². The molecule has 2 rings (SSSR count). The van der Waals surface area contributed by atoms with Gasteiger partial charge in [0.2, 0.25) is 0 Å². The monoisotopic (exact) mass is 201 g/mol. The van der Waals surface area contributed by atoms with Crippen LogP contribution in [0, 0.1) is 0 Å². The first-order valence-corrected chi connectivity index (χ1v) is 4.87. The molecule has 1 aliphatic heterocycles. The summed E-state index contributed by atoms with van der Waals surface area (Å²) in [4.78, 5) is 22.3. The van der Waals surface area contributed by atoms with E-state index in [-0.39, 0.29) is 11.8 Å². The number of benzene rings is 1. The highest BCUT2D eigenvalue weighted by molar-refractivity contribution is 6.33. The zero-order valence-electron chi connectivity index (χ0n) is 8.41. The summed E-state index contributed by atoms with van der Waals surface area (Å²) in [5, 5.41) is 2.22. The summed E-state index contributed by atoms with van der Waals surface area (Å²) in [6.45, 7) is 2.07. The van der Waals surface area contributed by atoms with Crippen molar-refractivity contribution < 1.29 is 9.59 Å². The van der Waals surface area contributed by atoms with Crippen LogP contribution in [-0.2, 0) is 16.0 Å². The fraction of sp³-hybridized carbons (Fsp3) is 0.167. The zero-order chi connectivity index (χ0) is 10.8. The van der Waals surface area contributed by atoms with Gasteiger partial charge in [-0.25, -0.2) is 0 Å². The predicted octanol–water partition coefficient (Wildman–Crippen LogP) is 1.29. The second kappa shape index (κ2) is 3.69. The molecule has 76 valence electrons. The van der Waals surface area contributed by atoms with Gasteiger partial charge in [0, 0.05) is 6.08 Å². The number of amides is 2. The smallest absolute Gasteiger partial charge is 0.258 e. The largest absolute Gasteiger partial charge is 0.289 e. The Morgan fingerprint density at radius 2 is 1.80 bits per heavy atom. The van der Waals surface area contributed by atoms with Crippen LogP contribution >= 0.6 is 0 Å². The first kappa shape index (κ1) is 9.65. The van der Waals surface area contributed by atoms with Gasteiger partial charge < -0.3 is 0 Å². The maximum Gasteiger partial charge on any atom is 0.258 e. The molecule has 2 amide bonds. The number of carbonyl (C=O) groups excluding carboxylic acids is 2. The van der Waals surface area contributed by atoms with Crippen molar-refractivity contribution in [3.63, 3.8) is 0 Å². The summed E-state index contributed by atoms with van der Waals surface area (Å²) in [5.41, 5.74) is 2.45. The van der Waals surface area contributed by atoms with Gasteiger partial charge >= 0.3 is 0 Å². The molecule has 0 aromatic heterocycles. The summed E-state index contributed by atoms with van der Waals surface area (Å²) < 4.78 is 0. The van der Waals surface area contributed by atoms with E-state index in [1.807, 2.05) is 24.3 Å². The molecule has 1 aromatic carbocycles. The van der Waals surface area contributed by atoms with Crippen LogP contribution in [0.1, 0.15) is 18.1 Å². The van der Waals surface area contributed by atoms with Gasteiger partial charge in [-0.15, -0.1) is 0 Å². The molecular weight excluding hydrogens is 190 g/mol. The Morgan fingerprint density at radius 3 is 2.27 bits per heavy atom. The number of hydrogen-bond donors (Lipinski definition) is 1. The molecule has 0 aliphatic carbocycles. The number of nitrogens with one attached hydrogen (secondary N) is 1. The lowest BCUT2D eigenvalue weighted by molar-refractivity contribution is -0.123. The van der Waals surface area contributed by atoms with Gasteiger partial charge in [0.25, 0.3) is 11.8 Å². The molecule has 1 aromatic rings. The lowest BCUT2D eigenvalue weighted by atomic mass is 10.0. The maximum absolute atomic E-state index is 11.3. The van der Waals surface area contributed by atoms with Crippen LogP contribution < -0.4 is 5.32 Å². The summed E-state index contributed by atoms with van der Waals surface area (Å²) in [6.07, 6.45) is 2.30. The van der Waals surface area contributed by atoms with Gasteiger partial charge in [0.1, 0.15) is 0 Å². The Morgan fingerprint density at radius 1 is 1.13 bits per heavy atom. The van der Waals surface area contributed by atoms with E-state index in [1.165, 1.54) is 11.6 Å². The normalized spacial score (nSPS) is 15.1. The maximum atomic E-state index is 11.3. The second-order valence-electron chi connectivity index (χ2n) is 3.43. The lowest BCUT2D eigenvalue weighted by Gasteiger charge is -2.01. The Bertz CT molecular complexity index is 443. The van der Waals surface area contributed by atoms with Crippen molar-refractivity contribution in [1.29, 1.82) is 0 Å². The molecule has 0 atom stereocenters. The highest BCUT2D eigenvalue weighted by atomic mass is 16.2. The van der Waals surface area contributed by atoms with Crippen LogP contribution in [-0.4, -0.2) is 11.8 Å². The van der Waals surface area contributed by atoms with Gasteiger partial charge in [-0.2, -0.15) is 0 Å². The average molecular weight is 201 g/mol. The van der Waals surface area contributed by atoms with Crippen LogP contribution in [0.4, 0.5) is 0 Å². The minimum Gasteiger partial charge on any atom is -0.289 e. The number of carbonyl (C=O) groups is 2. The third-order valence-corrected chi connectivity index (χ3v) is 2.43. The second-order valence-corrected chi connectivity index (χ2v) is 3.43. The number of imide groups is 1. The first-order valence-electron chi connectivity index (χ1n) is 4.87. The quantitative estimate of drug-likeness (QED) is 0.733. The van der Waals surface area contributed by atoms with Gasteiger partial charge in [-0.05, 0) is 17.5 Å². The third-order valence-electron chi connectivity index (χ3n) is 2.43. The third kappa shape index (κ3) is 1.81. The van der Waals surface area contributed by atoms with Gasteiger partial charge in [-0.1, -0.05) is 31.2 Å². The zero-order valence-corrected chi connectivity index (χ0v) is 8.41. The Kier molecular flexibility index (Phi) is 2.37. The highest BCUT2D eigenvalue weighted by Crippen LogP contribution is 2.18. The van der Waals surface area contributed by atoms with Gasteiger partial charge in [0.05, 0.1) is 5.57 Å². The molecule has 0 unspecified atom stereocenters. The molecule has 1 aliphatic rings.